The summed E-state index contributed by atoms with van der Waals surface area (Å²) < 4.78 is 0. The van der Waals surface area contributed by atoms with Crippen molar-refractivity contribution in [3.05, 3.63) is 0 Å². The van der Waals surface area contributed by atoms with Crippen molar-refractivity contribution in [1.82, 2.24) is 0 Å². The summed E-state index contributed by atoms with van der Waals surface area (Å²) in [6.45, 7) is 4.45. The van der Waals surface area contributed by atoms with Crippen molar-refractivity contribution in [1.29, 1.82) is 0 Å². The highest BCUT2D eigenvalue weighted by Gasteiger charge is 2.02. The molecule has 0 spiro atoms. The van der Waals surface area contributed by atoms with Gasteiger partial charge in [0.1, 0.15) is 0 Å². The van der Waals surface area contributed by atoms with Crippen molar-refractivity contribution in [3.8, 4) is 0 Å². The lowest BCUT2D eigenvalue weighted by Crippen LogP contribution is -2.10. The minimum absolute atomic E-state index is 0.169. The van der Waals surface area contributed by atoms with E-state index in [1.807, 2.05) is 0 Å². The normalized spacial score (nSPS) is 12.8. The van der Waals surface area contributed by atoms with Gasteiger partial charge < -0.3 is 5.73 Å². The molecule has 0 saturated carbocycles. The standard InChI is InChI=1S/C10H21NO/c1-3-4-6-9(2)7-5-8-10(11)12/h9H,3-8H2,1-2H3,(H2,11,12). The first kappa shape index (κ1) is 11.5. The van der Waals surface area contributed by atoms with Crippen molar-refractivity contribution in [2.75, 3.05) is 0 Å². The molecule has 0 aliphatic rings. The van der Waals surface area contributed by atoms with Crippen LogP contribution in [0.2, 0.25) is 0 Å². The second-order valence-electron chi connectivity index (χ2n) is 3.61. The molecule has 72 valence electrons. The lowest BCUT2D eigenvalue weighted by molar-refractivity contribution is -0.118. The van der Waals surface area contributed by atoms with Gasteiger partial charge in [0.2, 0.25) is 5.91 Å². The van der Waals surface area contributed by atoms with Gasteiger partial charge in [-0.3, -0.25) is 4.79 Å². The molecule has 0 aliphatic heterocycles. The average Bonchev–Trinajstić information content (AvgIpc) is 2.00. The molecule has 1 atom stereocenters. The Morgan fingerprint density at radius 3 is 2.42 bits per heavy atom. The van der Waals surface area contributed by atoms with E-state index in [0.717, 1.165) is 18.8 Å². The molecule has 0 aromatic rings. The Labute approximate surface area is 75.5 Å². The molecular formula is C10H21NO. The summed E-state index contributed by atoms with van der Waals surface area (Å²) in [4.78, 5) is 10.4. The lowest BCUT2D eigenvalue weighted by Gasteiger charge is -2.08. The Morgan fingerprint density at radius 2 is 1.92 bits per heavy atom. The molecule has 0 radical (unpaired) electrons. The maximum Gasteiger partial charge on any atom is 0.217 e. The number of primary amides is 1. The number of nitrogens with two attached hydrogens (primary N) is 1. The smallest absolute Gasteiger partial charge is 0.217 e. The number of unbranched alkanes of at least 4 members (excludes halogenated alkanes) is 1. The van der Waals surface area contributed by atoms with Gasteiger partial charge in [0.25, 0.3) is 0 Å². The summed E-state index contributed by atoms with van der Waals surface area (Å²) >= 11 is 0. The molecular weight excluding hydrogens is 150 g/mol. The Bertz CT molecular complexity index is 123. The topological polar surface area (TPSA) is 43.1 Å². The SMILES string of the molecule is CCCCC(C)CCCC(N)=O. The van der Waals surface area contributed by atoms with Crippen LogP contribution in [-0.2, 0) is 4.79 Å². The van der Waals surface area contributed by atoms with Crippen LogP contribution in [0.15, 0.2) is 0 Å². The van der Waals surface area contributed by atoms with E-state index >= 15 is 0 Å². The zero-order valence-electron chi connectivity index (χ0n) is 8.31. The van der Waals surface area contributed by atoms with Crippen molar-refractivity contribution in [3.63, 3.8) is 0 Å². The van der Waals surface area contributed by atoms with Crippen LogP contribution in [0.4, 0.5) is 0 Å². The van der Waals surface area contributed by atoms with Crippen molar-refractivity contribution >= 4 is 5.91 Å². The van der Waals surface area contributed by atoms with Crippen LogP contribution in [0, 0.1) is 5.92 Å². The first-order chi connectivity index (χ1) is 5.66. The third-order valence-corrected chi connectivity index (χ3v) is 2.17. The Morgan fingerprint density at radius 1 is 1.33 bits per heavy atom. The van der Waals surface area contributed by atoms with Gasteiger partial charge in [-0.05, 0) is 12.3 Å². The first-order valence-electron chi connectivity index (χ1n) is 4.95. The third kappa shape index (κ3) is 7.58. The van der Waals surface area contributed by atoms with Crippen LogP contribution >= 0.6 is 0 Å². The summed E-state index contributed by atoms with van der Waals surface area (Å²) in [6, 6.07) is 0. The summed E-state index contributed by atoms with van der Waals surface area (Å²) in [5, 5.41) is 0. The van der Waals surface area contributed by atoms with Gasteiger partial charge >= 0.3 is 0 Å². The quantitative estimate of drug-likeness (QED) is 0.628. The molecule has 2 heteroatoms. The van der Waals surface area contributed by atoms with Gasteiger partial charge in [0.15, 0.2) is 0 Å². The molecule has 0 saturated heterocycles. The third-order valence-electron chi connectivity index (χ3n) is 2.17. The van der Waals surface area contributed by atoms with Gasteiger partial charge in [-0.1, -0.05) is 39.5 Å². The number of rotatable bonds is 7. The molecule has 0 aromatic heterocycles. The fraction of sp³-hybridized carbons (Fsp3) is 0.900. The molecule has 12 heavy (non-hydrogen) atoms. The molecule has 0 aliphatic carbocycles. The van der Waals surface area contributed by atoms with Gasteiger partial charge in [-0.2, -0.15) is 0 Å². The fourth-order valence-corrected chi connectivity index (χ4v) is 1.32. The van der Waals surface area contributed by atoms with Crippen LogP contribution in [0.5, 0.6) is 0 Å². The highest BCUT2D eigenvalue weighted by molar-refractivity contribution is 5.73. The molecule has 1 unspecified atom stereocenters. The zero-order valence-corrected chi connectivity index (χ0v) is 8.31. The van der Waals surface area contributed by atoms with E-state index < -0.39 is 0 Å². The maximum absolute atomic E-state index is 10.4. The zero-order chi connectivity index (χ0) is 9.40. The van der Waals surface area contributed by atoms with E-state index in [1.165, 1.54) is 19.3 Å². The van der Waals surface area contributed by atoms with E-state index in [-0.39, 0.29) is 5.91 Å². The molecule has 2 N–H and O–H groups in total. The lowest BCUT2D eigenvalue weighted by atomic mass is 9.98. The van der Waals surface area contributed by atoms with E-state index in [0.29, 0.717) is 6.42 Å². The number of hydrogen-bond donors (Lipinski definition) is 1. The number of hydrogen-bond acceptors (Lipinski definition) is 1. The van der Waals surface area contributed by atoms with Crippen molar-refractivity contribution in [2.24, 2.45) is 11.7 Å². The Balaban J connectivity index is 3.19. The van der Waals surface area contributed by atoms with Gasteiger partial charge in [0.05, 0.1) is 0 Å². The van der Waals surface area contributed by atoms with E-state index in [2.05, 4.69) is 13.8 Å². The molecule has 2 nitrogen and oxygen atoms in total. The largest absolute Gasteiger partial charge is 0.370 e. The van der Waals surface area contributed by atoms with E-state index in [9.17, 15) is 4.79 Å². The van der Waals surface area contributed by atoms with Crippen LogP contribution in [-0.4, -0.2) is 5.91 Å². The van der Waals surface area contributed by atoms with E-state index in [4.69, 9.17) is 5.73 Å². The number of carbonyl (C=O) groups excluding carboxylic acids is 1. The number of amides is 1. The minimum atomic E-state index is -0.169. The van der Waals surface area contributed by atoms with Crippen LogP contribution in [0.1, 0.15) is 52.4 Å². The Hall–Kier alpha value is -0.530. The monoisotopic (exact) mass is 171 g/mol. The first-order valence-corrected chi connectivity index (χ1v) is 4.95. The summed E-state index contributed by atoms with van der Waals surface area (Å²) in [6.07, 6.45) is 6.51. The maximum atomic E-state index is 10.4. The summed E-state index contributed by atoms with van der Waals surface area (Å²) in [5.41, 5.74) is 5.04. The van der Waals surface area contributed by atoms with Gasteiger partial charge in [0, 0.05) is 6.42 Å². The van der Waals surface area contributed by atoms with Crippen LogP contribution in [0.25, 0.3) is 0 Å². The van der Waals surface area contributed by atoms with E-state index in [1.54, 1.807) is 0 Å². The van der Waals surface area contributed by atoms with Crippen LogP contribution in [0.3, 0.4) is 0 Å². The molecule has 0 fully saturated rings. The summed E-state index contributed by atoms with van der Waals surface area (Å²) in [5.74, 6) is 0.585. The highest BCUT2D eigenvalue weighted by Crippen LogP contribution is 2.14. The fourth-order valence-electron chi connectivity index (χ4n) is 1.32. The molecule has 0 heterocycles. The van der Waals surface area contributed by atoms with Crippen LogP contribution < -0.4 is 5.73 Å². The Kier molecular flexibility index (Phi) is 6.82. The number of carbonyl (C=O) groups is 1. The van der Waals surface area contributed by atoms with Crippen molar-refractivity contribution < 1.29 is 4.79 Å². The predicted octanol–water partition coefficient (Wildman–Crippen LogP) is 2.47. The van der Waals surface area contributed by atoms with Gasteiger partial charge in [-0.25, -0.2) is 0 Å². The minimum Gasteiger partial charge on any atom is -0.370 e. The molecule has 1 amide bonds. The molecule has 0 rings (SSSR count). The second kappa shape index (κ2) is 7.14. The second-order valence-corrected chi connectivity index (χ2v) is 3.61. The molecule has 0 bridgehead atoms. The average molecular weight is 171 g/mol. The molecule has 0 aromatic carbocycles. The van der Waals surface area contributed by atoms with Gasteiger partial charge in [-0.15, -0.1) is 0 Å². The highest BCUT2D eigenvalue weighted by atomic mass is 16.1. The summed E-state index contributed by atoms with van der Waals surface area (Å²) in [7, 11) is 0. The predicted molar refractivity (Wildman–Crippen MR) is 51.7 cm³/mol. The van der Waals surface area contributed by atoms with Crippen molar-refractivity contribution in [2.45, 2.75) is 52.4 Å².